The highest BCUT2D eigenvalue weighted by molar-refractivity contribution is 5.69. The summed E-state index contributed by atoms with van der Waals surface area (Å²) >= 11 is 0. The predicted molar refractivity (Wildman–Crippen MR) is 97.5 cm³/mol. The molecule has 0 unspecified atom stereocenters. The highest BCUT2D eigenvalue weighted by atomic mass is 16.4. The molecule has 0 spiro atoms. The van der Waals surface area contributed by atoms with Gasteiger partial charge in [-0.2, -0.15) is 4.98 Å². The number of benzene rings is 1. The lowest BCUT2D eigenvalue weighted by molar-refractivity contribution is -0.138. The molecule has 1 aliphatic heterocycles. The first-order chi connectivity index (χ1) is 12.0. The molecule has 2 heterocycles. The monoisotopic (exact) mass is 341 g/mol. The molecule has 0 bridgehead atoms. The van der Waals surface area contributed by atoms with Gasteiger partial charge in [0.25, 0.3) is 0 Å². The minimum atomic E-state index is -0.781. The van der Waals surface area contributed by atoms with Crippen LogP contribution in [0.15, 0.2) is 30.3 Å². The lowest BCUT2D eigenvalue weighted by atomic mass is 10.2. The largest absolute Gasteiger partial charge is 0.480 e. The molecule has 1 aliphatic rings. The van der Waals surface area contributed by atoms with Crippen LogP contribution in [0.2, 0.25) is 0 Å². The van der Waals surface area contributed by atoms with Gasteiger partial charge in [-0.25, -0.2) is 4.98 Å². The van der Waals surface area contributed by atoms with E-state index in [1.807, 2.05) is 49.1 Å². The number of aromatic nitrogens is 2. The van der Waals surface area contributed by atoms with Crippen molar-refractivity contribution >= 4 is 23.4 Å². The molecule has 25 heavy (non-hydrogen) atoms. The number of aliphatic carboxylic acids is 1. The minimum absolute atomic E-state index is 0.0937. The Hall–Kier alpha value is -2.67. The van der Waals surface area contributed by atoms with Gasteiger partial charge < -0.3 is 15.3 Å². The molecule has 132 valence electrons. The first-order valence-electron chi connectivity index (χ1n) is 8.39. The fourth-order valence-corrected chi connectivity index (χ4v) is 2.94. The highest BCUT2D eigenvalue weighted by Gasteiger charge is 2.22. The molecular formula is C18H23N5O2. The summed E-state index contributed by atoms with van der Waals surface area (Å²) in [6, 6.07) is 9.85. The Bertz CT molecular complexity index is 743. The molecular weight excluding hydrogens is 318 g/mol. The zero-order valence-corrected chi connectivity index (χ0v) is 14.6. The maximum atomic E-state index is 10.9. The number of hydrogen-bond acceptors (Lipinski definition) is 6. The number of hydrogen-bond donors (Lipinski definition) is 2. The van der Waals surface area contributed by atoms with Crippen molar-refractivity contribution in [2.24, 2.45) is 0 Å². The molecule has 2 N–H and O–H groups in total. The SMILES string of the molecule is Cc1nc(Nc2ccccc2)nc(N2CCN(CC(=O)O)CC2)c1C. The van der Waals surface area contributed by atoms with E-state index < -0.39 is 5.97 Å². The van der Waals surface area contributed by atoms with Gasteiger partial charge in [-0.15, -0.1) is 0 Å². The second-order valence-electron chi connectivity index (χ2n) is 6.23. The molecule has 0 atom stereocenters. The lowest BCUT2D eigenvalue weighted by Gasteiger charge is -2.35. The van der Waals surface area contributed by atoms with Crippen LogP contribution in [0.3, 0.4) is 0 Å². The van der Waals surface area contributed by atoms with Crippen LogP contribution in [0.1, 0.15) is 11.3 Å². The van der Waals surface area contributed by atoms with Crippen LogP contribution in [-0.2, 0) is 4.79 Å². The van der Waals surface area contributed by atoms with Crippen molar-refractivity contribution in [2.45, 2.75) is 13.8 Å². The molecule has 1 aromatic carbocycles. The number of nitrogens with one attached hydrogen (secondary N) is 1. The van der Waals surface area contributed by atoms with Gasteiger partial charge in [-0.3, -0.25) is 9.69 Å². The smallest absolute Gasteiger partial charge is 0.317 e. The van der Waals surface area contributed by atoms with Gasteiger partial charge in [0.1, 0.15) is 5.82 Å². The maximum absolute atomic E-state index is 10.9. The Balaban J connectivity index is 1.76. The van der Waals surface area contributed by atoms with E-state index in [1.165, 1.54) is 0 Å². The summed E-state index contributed by atoms with van der Waals surface area (Å²) in [5.74, 6) is 0.718. The minimum Gasteiger partial charge on any atom is -0.480 e. The molecule has 0 radical (unpaired) electrons. The number of nitrogens with zero attached hydrogens (tertiary/aromatic N) is 4. The number of rotatable bonds is 5. The van der Waals surface area contributed by atoms with E-state index >= 15 is 0 Å². The fourth-order valence-electron chi connectivity index (χ4n) is 2.94. The van der Waals surface area contributed by atoms with Gasteiger partial charge in [-0.05, 0) is 26.0 Å². The molecule has 3 rings (SSSR count). The van der Waals surface area contributed by atoms with Crippen LogP contribution in [-0.4, -0.2) is 58.7 Å². The molecule has 0 saturated carbocycles. The molecule has 2 aromatic rings. The van der Waals surface area contributed by atoms with Crippen LogP contribution in [0, 0.1) is 13.8 Å². The van der Waals surface area contributed by atoms with Gasteiger partial charge in [0.05, 0.1) is 6.54 Å². The molecule has 1 saturated heterocycles. The van der Waals surface area contributed by atoms with Crippen LogP contribution in [0.4, 0.5) is 17.5 Å². The average molecular weight is 341 g/mol. The molecule has 7 nitrogen and oxygen atoms in total. The average Bonchev–Trinajstić information content (AvgIpc) is 2.59. The van der Waals surface area contributed by atoms with E-state index in [0.29, 0.717) is 5.95 Å². The van der Waals surface area contributed by atoms with Gasteiger partial charge in [0.2, 0.25) is 5.95 Å². The fraction of sp³-hybridized carbons (Fsp3) is 0.389. The van der Waals surface area contributed by atoms with Crippen molar-refractivity contribution in [3.05, 3.63) is 41.6 Å². The number of carboxylic acid groups (broad SMARTS) is 1. The number of aryl methyl sites for hydroxylation is 1. The predicted octanol–water partition coefficient (Wildman–Crippen LogP) is 2.04. The van der Waals surface area contributed by atoms with Crippen molar-refractivity contribution in [1.29, 1.82) is 0 Å². The zero-order chi connectivity index (χ0) is 17.8. The van der Waals surface area contributed by atoms with E-state index in [-0.39, 0.29) is 6.54 Å². The number of carboxylic acids is 1. The van der Waals surface area contributed by atoms with Crippen molar-refractivity contribution in [3.63, 3.8) is 0 Å². The molecule has 1 fully saturated rings. The summed E-state index contributed by atoms with van der Waals surface area (Å²) in [6.45, 7) is 7.06. The van der Waals surface area contributed by atoms with E-state index in [0.717, 1.165) is 48.9 Å². The van der Waals surface area contributed by atoms with Crippen LogP contribution < -0.4 is 10.2 Å². The summed E-state index contributed by atoms with van der Waals surface area (Å²) in [6.07, 6.45) is 0. The second-order valence-corrected chi connectivity index (χ2v) is 6.23. The van der Waals surface area contributed by atoms with Crippen molar-refractivity contribution in [2.75, 3.05) is 42.9 Å². The van der Waals surface area contributed by atoms with E-state index in [2.05, 4.69) is 15.2 Å². The standard InChI is InChI=1S/C18H23N5O2/c1-13-14(2)19-18(20-15-6-4-3-5-7-15)21-17(13)23-10-8-22(9-11-23)12-16(24)25/h3-7H,8-12H2,1-2H3,(H,24,25)(H,19,20,21). The maximum Gasteiger partial charge on any atom is 0.317 e. The Morgan fingerprint density at radius 3 is 2.44 bits per heavy atom. The van der Waals surface area contributed by atoms with Crippen LogP contribution >= 0.6 is 0 Å². The van der Waals surface area contributed by atoms with Crippen molar-refractivity contribution < 1.29 is 9.90 Å². The summed E-state index contributed by atoms with van der Waals surface area (Å²) in [7, 11) is 0. The topological polar surface area (TPSA) is 81.6 Å². The number of piperazine rings is 1. The van der Waals surface area contributed by atoms with Crippen LogP contribution in [0.25, 0.3) is 0 Å². The van der Waals surface area contributed by atoms with Crippen molar-refractivity contribution in [3.8, 4) is 0 Å². The summed E-state index contributed by atoms with van der Waals surface area (Å²) in [5, 5.41) is 12.2. The molecule has 0 aliphatic carbocycles. The van der Waals surface area contributed by atoms with E-state index in [1.54, 1.807) is 0 Å². The molecule has 7 heteroatoms. The third-order valence-electron chi connectivity index (χ3n) is 4.42. The third kappa shape index (κ3) is 4.24. The highest BCUT2D eigenvalue weighted by Crippen LogP contribution is 2.24. The van der Waals surface area contributed by atoms with E-state index in [4.69, 9.17) is 10.1 Å². The molecule has 0 amide bonds. The van der Waals surface area contributed by atoms with Gasteiger partial charge in [0.15, 0.2) is 0 Å². The summed E-state index contributed by atoms with van der Waals surface area (Å²) in [5.41, 5.74) is 2.95. The van der Waals surface area contributed by atoms with Gasteiger partial charge in [0, 0.05) is 43.1 Å². The van der Waals surface area contributed by atoms with Gasteiger partial charge in [-0.1, -0.05) is 18.2 Å². The van der Waals surface area contributed by atoms with Crippen LogP contribution in [0.5, 0.6) is 0 Å². The Morgan fingerprint density at radius 1 is 1.12 bits per heavy atom. The second kappa shape index (κ2) is 7.48. The zero-order valence-electron chi connectivity index (χ0n) is 14.6. The quantitative estimate of drug-likeness (QED) is 0.861. The first-order valence-corrected chi connectivity index (χ1v) is 8.39. The summed E-state index contributed by atoms with van der Waals surface area (Å²) in [4.78, 5) is 24.3. The normalized spacial score (nSPS) is 15.2. The van der Waals surface area contributed by atoms with E-state index in [9.17, 15) is 4.79 Å². The Labute approximate surface area is 147 Å². The number of para-hydroxylation sites is 1. The third-order valence-corrected chi connectivity index (χ3v) is 4.42. The molecule has 1 aromatic heterocycles. The van der Waals surface area contributed by atoms with Gasteiger partial charge >= 0.3 is 5.97 Å². The number of carbonyl (C=O) groups is 1. The first kappa shape index (κ1) is 17.2. The Kier molecular flexibility index (Phi) is 5.14. The Morgan fingerprint density at radius 2 is 1.80 bits per heavy atom. The number of anilines is 3. The summed E-state index contributed by atoms with van der Waals surface area (Å²) < 4.78 is 0. The lowest BCUT2D eigenvalue weighted by Crippen LogP contribution is -2.48. The van der Waals surface area contributed by atoms with Crippen molar-refractivity contribution in [1.82, 2.24) is 14.9 Å².